The van der Waals surface area contributed by atoms with Crippen molar-refractivity contribution in [1.29, 1.82) is 0 Å². The van der Waals surface area contributed by atoms with Crippen LogP contribution in [-0.4, -0.2) is 28.7 Å². The van der Waals surface area contributed by atoms with Gasteiger partial charge in [-0.3, -0.25) is 9.59 Å². The molecule has 0 aliphatic heterocycles. The Balaban J connectivity index is 2.14. The summed E-state index contributed by atoms with van der Waals surface area (Å²) in [5.41, 5.74) is -0.709. The largest absolute Gasteiger partial charge is 0.495 e. The number of hydrogen-bond donors (Lipinski definition) is 2. The SMILES string of the molecule is COc1ccc(NC(=O)Cn2cccc(C(=O)O)c2=O)cc1Cl. The van der Waals surface area contributed by atoms with Gasteiger partial charge in [-0.2, -0.15) is 0 Å². The molecule has 23 heavy (non-hydrogen) atoms. The third-order valence-corrected chi connectivity index (χ3v) is 3.30. The number of methoxy groups -OCH3 is 1. The molecule has 8 heteroatoms. The lowest BCUT2D eigenvalue weighted by atomic mass is 10.2. The van der Waals surface area contributed by atoms with Crippen LogP contribution in [0.1, 0.15) is 10.4 Å². The second-order valence-corrected chi connectivity index (χ2v) is 4.96. The molecule has 1 heterocycles. The molecule has 2 rings (SSSR count). The zero-order chi connectivity index (χ0) is 17.0. The van der Waals surface area contributed by atoms with Gasteiger partial charge in [-0.15, -0.1) is 0 Å². The number of anilines is 1. The maximum atomic E-state index is 12.0. The first-order chi connectivity index (χ1) is 10.9. The number of carboxylic acid groups (broad SMARTS) is 1. The molecular formula is C15H13ClN2O5. The summed E-state index contributed by atoms with van der Waals surface area (Å²) >= 11 is 5.96. The predicted molar refractivity (Wildman–Crippen MR) is 84.3 cm³/mol. The molecule has 0 fully saturated rings. The molecule has 0 saturated heterocycles. The Morgan fingerprint density at radius 1 is 1.35 bits per heavy atom. The molecule has 0 unspecified atom stereocenters. The lowest BCUT2D eigenvalue weighted by molar-refractivity contribution is -0.116. The Bertz CT molecular complexity index is 816. The fourth-order valence-corrected chi connectivity index (χ4v) is 2.18. The first kappa shape index (κ1) is 16.6. The number of halogens is 1. The Kier molecular flexibility index (Phi) is 5.02. The monoisotopic (exact) mass is 336 g/mol. The van der Waals surface area contributed by atoms with E-state index in [4.69, 9.17) is 21.4 Å². The maximum Gasteiger partial charge on any atom is 0.341 e. The Morgan fingerprint density at radius 2 is 2.09 bits per heavy atom. The summed E-state index contributed by atoms with van der Waals surface area (Å²) in [5, 5.41) is 11.8. The Morgan fingerprint density at radius 3 is 2.70 bits per heavy atom. The predicted octanol–water partition coefficient (Wildman–Crippen LogP) is 1.85. The highest BCUT2D eigenvalue weighted by atomic mass is 35.5. The number of benzene rings is 1. The number of carbonyl (C=O) groups excluding carboxylic acids is 1. The number of rotatable bonds is 5. The van der Waals surface area contributed by atoms with Gasteiger partial charge in [0.2, 0.25) is 5.91 Å². The molecule has 1 amide bonds. The van der Waals surface area contributed by atoms with Crippen molar-refractivity contribution in [2.75, 3.05) is 12.4 Å². The van der Waals surface area contributed by atoms with Crippen LogP contribution >= 0.6 is 11.6 Å². The third kappa shape index (κ3) is 3.89. The van der Waals surface area contributed by atoms with E-state index in [1.807, 2.05) is 0 Å². The Hall–Kier alpha value is -2.80. The van der Waals surface area contributed by atoms with Crippen LogP contribution in [-0.2, 0) is 11.3 Å². The quantitative estimate of drug-likeness (QED) is 0.868. The molecule has 0 aliphatic carbocycles. The van der Waals surface area contributed by atoms with Gasteiger partial charge in [-0.05, 0) is 30.3 Å². The van der Waals surface area contributed by atoms with E-state index in [2.05, 4.69) is 5.32 Å². The fraction of sp³-hybridized carbons (Fsp3) is 0.133. The van der Waals surface area contributed by atoms with Crippen molar-refractivity contribution in [3.05, 3.63) is 57.5 Å². The van der Waals surface area contributed by atoms with Crippen molar-refractivity contribution in [1.82, 2.24) is 4.57 Å². The molecule has 0 spiro atoms. The number of pyridine rings is 1. The first-order valence-corrected chi connectivity index (χ1v) is 6.86. The highest BCUT2D eigenvalue weighted by Crippen LogP contribution is 2.27. The minimum atomic E-state index is -1.34. The molecule has 1 aromatic heterocycles. The summed E-state index contributed by atoms with van der Waals surface area (Å²) in [6, 6.07) is 7.27. The van der Waals surface area contributed by atoms with Crippen LogP contribution in [0.4, 0.5) is 5.69 Å². The second-order valence-electron chi connectivity index (χ2n) is 4.56. The average Bonchev–Trinajstić information content (AvgIpc) is 2.49. The molecule has 0 saturated carbocycles. The number of carboxylic acids is 1. The number of ether oxygens (including phenoxy) is 1. The van der Waals surface area contributed by atoms with Gasteiger partial charge in [-0.1, -0.05) is 11.6 Å². The summed E-state index contributed by atoms with van der Waals surface area (Å²) in [4.78, 5) is 34.8. The van der Waals surface area contributed by atoms with E-state index in [1.54, 1.807) is 12.1 Å². The van der Waals surface area contributed by atoms with Crippen LogP contribution in [0, 0.1) is 0 Å². The minimum absolute atomic E-state index is 0.316. The van der Waals surface area contributed by atoms with Gasteiger partial charge in [0.15, 0.2) is 0 Å². The van der Waals surface area contributed by atoms with E-state index >= 15 is 0 Å². The van der Waals surface area contributed by atoms with E-state index in [0.29, 0.717) is 16.5 Å². The van der Waals surface area contributed by atoms with Crippen LogP contribution in [0.5, 0.6) is 5.75 Å². The molecule has 120 valence electrons. The summed E-state index contributed by atoms with van der Waals surface area (Å²) in [6.45, 7) is -0.316. The zero-order valence-corrected chi connectivity index (χ0v) is 12.8. The van der Waals surface area contributed by atoms with E-state index in [1.165, 1.54) is 31.5 Å². The number of nitrogens with zero attached hydrogens (tertiary/aromatic N) is 1. The molecule has 0 radical (unpaired) electrons. The lowest BCUT2D eigenvalue weighted by Crippen LogP contribution is -2.30. The summed E-state index contributed by atoms with van der Waals surface area (Å²) in [5.74, 6) is -1.36. The van der Waals surface area contributed by atoms with Gasteiger partial charge in [0.25, 0.3) is 5.56 Å². The van der Waals surface area contributed by atoms with Crippen LogP contribution in [0.15, 0.2) is 41.3 Å². The van der Waals surface area contributed by atoms with Gasteiger partial charge in [0.05, 0.1) is 12.1 Å². The number of nitrogens with one attached hydrogen (secondary N) is 1. The summed E-state index contributed by atoms with van der Waals surface area (Å²) in [6.07, 6.45) is 1.34. The standard InChI is InChI=1S/C15H13ClN2O5/c1-23-12-5-4-9(7-11(12)16)17-13(19)8-18-6-2-3-10(14(18)20)15(21)22/h2-7H,8H2,1H3,(H,17,19)(H,21,22). The maximum absolute atomic E-state index is 12.0. The number of aromatic carboxylic acids is 1. The van der Waals surface area contributed by atoms with E-state index in [-0.39, 0.29) is 6.54 Å². The van der Waals surface area contributed by atoms with Gasteiger partial charge in [0, 0.05) is 11.9 Å². The van der Waals surface area contributed by atoms with Crippen molar-refractivity contribution in [2.45, 2.75) is 6.54 Å². The topological polar surface area (TPSA) is 97.6 Å². The van der Waals surface area contributed by atoms with E-state index in [9.17, 15) is 14.4 Å². The summed E-state index contributed by atoms with van der Waals surface area (Å²) in [7, 11) is 1.47. The number of carbonyl (C=O) groups is 2. The fourth-order valence-electron chi connectivity index (χ4n) is 1.92. The van der Waals surface area contributed by atoms with Gasteiger partial charge in [0.1, 0.15) is 17.9 Å². The van der Waals surface area contributed by atoms with Crippen molar-refractivity contribution in [2.24, 2.45) is 0 Å². The molecular weight excluding hydrogens is 324 g/mol. The van der Waals surface area contributed by atoms with Crippen LogP contribution in [0.2, 0.25) is 5.02 Å². The molecule has 0 atom stereocenters. The van der Waals surface area contributed by atoms with Crippen LogP contribution < -0.4 is 15.6 Å². The van der Waals surface area contributed by atoms with Crippen molar-refractivity contribution in [3.8, 4) is 5.75 Å². The van der Waals surface area contributed by atoms with Crippen molar-refractivity contribution < 1.29 is 19.4 Å². The molecule has 2 N–H and O–H groups in total. The molecule has 7 nitrogen and oxygen atoms in total. The van der Waals surface area contributed by atoms with Gasteiger partial charge >= 0.3 is 5.97 Å². The van der Waals surface area contributed by atoms with Gasteiger partial charge in [-0.25, -0.2) is 4.79 Å². The number of amides is 1. The normalized spacial score (nSPS) is 10.2. The van der Waals surface area contributed by atoms with Crippen molar-refractivity contribution in [3.63, 3.8) is 0 Å². The Labute approximate surface area is 136 Å². The molecule has 0 bridgehead atoms. The minimum Gasteiger partial charge on any atom is -0.495 e. The number of hydrogen-bond acceptors (Lipinski definition) is 4. The number of aromatic nitrogens is 1. The van der Waals surface area contributed by atoms with Crippen LogP contribution in [0.25, 0.3) is 0 Å². The van der Waals surface area contributed by atoms with Crippen molar-refractivity contribution >= 4 is 29.2 Å². The zero-order valence-electron chi connectivity index (χ0n) is 12.1. The molecule has 0 aliphatic rings. The van der Waals surface area contributed by atoms with E-state index < -0.39 is 23.0 Å². The van der Waals surface area contributed by atoms with E-state index in [0.717, 1.165) is 4.57 Å². The molecule has 2 aromatic rings. The highest BCUT2D eigenvalue weighted by molar-refractivity contribution is 6.32. The third-order valence-electron chi connectivity index (χ3n) is 3.00. The lowest BCUT2D eigenvalue weighted by Gasteiger charge is -2.09. The second kappa shape index (κ2) is 6.97. The summed E-state index contributed by atoms with van der Waals surface area (Å²) < 4.78 is 6.02. The van der Waals surface area contributed by atoms with Gasteiger partial charge < -0.3 is 19.7 Å². The average molecular weight is 337 g/mol. The van der Waals surface area contributed by atoms with Crippen LogP contribution in [0.3, 0.4) is 0 Å². The molecule has 1 aromatic carbocycles. The first-order valence-electron chi connectivity index (χ1n) is 6.48. The highest BCUT2D eigenvalue weighted by Gasteiger charge is 2.12. The smallest absolute Gasteiger partial charge is 0.341 e.